The smallest absolute Gasteiger partial charge is 0.209 e. The van der Waals surface area contributed by atoms with Crippen molar-refractivity contribution in [3.05, 3.63) is 160 Å². The van der Waals surface area contributed by atoms with Crippen LogP contribution in [-0.4, -0.2) is 34.2 Å². The van der Waals surface area contributed by atoms with Crippen molar-refractivity contribution in [1.82, 2.24) is 4.90 Å². The summed E-state index contributed by atoms with van der Waals surface area (Å²) < 4.78 is 2.44. The Labute approximate surface area is 309 Å². The summed E-state index contributed by atoms with van der Waals surface area (Å²) in [7, 11) is 0. The van der Waals surface area contributed by atoms with Crippen LogP contribution >= 0.6 is 23.2 Å². The molecule has 1 aliphatic carbocycles. The highest BCUT2D eigenvalue weighted by atomic mass is 35.5. The lowest BCUT2D eigenvalue weighted by Gasteiger charge is -2.29. The number of rotatable bonds is 9. The highest BCUT2D eigenvalue weighted by Crippen LogP contribution is 2.50. The Morgan fingerprint density at radius 2 is 1.50 bits per heavy atom. The van der Waals surface area contributed by atoms with Gasteiger partial charge in [-0.2, -0.15) is 4.58 Å². The summed E-state index contributed by atoms with van der Waals surface area (Å²) in [6.45, 7) is 17.6. The number of anilines is 2. The molecule has 0 spiro atoms. The van der Waals surface area contributed by atoms with Crippen LogP contribution < -0.4 is 4.90 Å². The van der Waals surface area contributed by atoms with Crippen LogP contribution in [0.1, 0.15) is 66.9 Å². The first-order chi connectivity index (χ1) is 24.1. The Morgan fingerprint density at radius 3 is 2.08 bits per heavy atom. The third-order valence-corrected chi connectivity index (χ3v) is 11.0. The van der Waals surface area contributed by atoms with Gasteiger partial charge in [0.05, 0.1) is 11.1 Å². The molecular formula is C45H50Cl2N3+. The zero-order valence-electron chi connectivity index (χ0n) is 30.6. The van der Waals surface area contributed by atoms with Gasteiger partial charge in [0.2, 0.25) is 5.69 Å². The average molecular weight is 704 g/mol. The second-order valence-electron chi connectivity index (χ2n) is 14.2. The van der Waals surface area contributed by atoms with Crippen molar-refractivity contribution in [3.8, 4) is 0 Å². The third kappa shape index (κ3) is 6.35. The SMILES string of the molecule is C/C=C1\C(=C/CCl)C(C)(C)/C(=C\C=C2/CCC(/C=C/C3=[N+](CC)c4ccc(Cl)cc4C3(C)C)=C2N(c2ccccc2)c2ccccc2)N1CC. The fraction of sp³-hybridized carbons (Fsp3) is 0.311. The van der Waals surface area contributed by atoms with Crippen molar-refractivity contribution in [3.63, 3.8) is 0 Å². The molecule has 50 heavy (non-hydrogen) atoms. The fourth-order valence-electron chi connectivity index (χ4n) is 8.19. The quantitative estimate of drug-likeness (QED) is 0.162. The lowest BCUT2D eigenvalue weighted by atomic mass is 9.81. The van der Waals surface area contributed by atoms with E-state index in [-0.39, 0.29) is 10.8 Å². The van der Waals surface area contributed by atoms with E-state index in [4.69, 9.17) is 23.2 Å². The molecule has 0 aromatic heterocycles. The Morgan fingerprint density at radius 1 is 0.840 bits per heavy atom. The predicted molar refractivity (Wildman–Crippen MR) is 215 cm³/mol. The van der Waals surface area contributed by atoms with E-state index in [0.29, 0.717) is 5.88 Å². The van der Waals surface area contributed by atoms with Crippen LogP contribution in [0.2, 0.25) is 5.02 Å². The maximum absolute atomic E-state index is 6.52. The zero-order chi connectivity index (χ0) is 35.6. The molecule has 3 nitrogen and oxygen atoms in total. The minimum atomic E-state index is -0.176. The largest absolute Gasteiger partial charge is 0.345 e. The number of allylic oxidation sites excluding steroid dienone is 10. The number of nitrogens with zero attached hydrogens (tertiary/aromatic N) is 3. The van der Waals surface area contributed by atoms with Crippen molar-refractivity contribution >= 4 is 46.0 Å². The van der Waals surface area contributed by atoms with Gasteiger partial charge in [0, 0.05) is 63.3 Å². The van der Waals surface area contributed by atoms with Gasteiger partial charge in [-0.1, -0.05) is 86.2 Å². The lowest BCUT2D eigenvalue weighted by Crippen LogP contribution is -2.27. The van der Waals surface area contributed by atoms with Crippen molar-refractivity contribution < 1.29 is 4.58 Å². The summed E-state index contributed by atoms with van der Waals surface area (Å²) in [6, 6.07) is 27.9. The van der Waals surface area contributed by atoms with E-state index in [1.807, 2.05) is 6.07 Å². The van der Waals surface area contributed by atoms with E-state index in [2.05, 4.69) is 172 Å². The highest BCUT2D eigenvalue weighted by molar-refractivity contribution is 6.30. The first-order valence-corrected chi connectivity index (χ1v) is 18.9. The van der Waals surface area contributed by atoms with Gasteiger partial charge in [0.1, 0.15) is 6.54 Å². The van der Waals surface area contributed by atoms with Crippen molar-refractivity contribution in [2.24, 2.45) is 5.41 Å². The molecule has 258 valence electrons. The molecule has 2 aliphatic heterocycles. The predicted octanol–water partition coefficient (Wildman–Crippen LogP) is 12.4. The van der Waals surface area contributed by atoms with Crippen LogP contribution in [0.25, 0.3) is 0 Å². The van der Waals surface area contributed by atoms with Crippen LogP contribution in [0.15, 0.2) is 149 Å². The molecule has 1 fully saturated rings. The lowest BCUT2D eigenvalue weighted by molar-refractivity contribution is -0.433. The molecule has 0 N–H and O–H groups in total. The molecule has 0 unspecified atom stereocenters. The highest BCUT2D eigenvalue weighted by Gasteiger charge is 2.44. The number of para-hydroxylation sites is 2. The first-order valence-electron chi connectivity index (χ1n) is 18.0. The van der Waals surface area contributed by atoms with Gasteiger partial charge in [-0.05, 0) is 107 Å². The zero-order valence-corrected chi connectivity index (χ0v) is 32.1. The van der Waals surface area contributed by atoms with E-state index >= 15 is 0 Å². The van der Waals surface area contributed by atoms with Crippen LogP contribution in [0.4, 0.5) is 17.1 Å². The molecule has 0 radical (unpaired) electrons. The third-order valence-electron chi connectivity index (χ3n) is 10.6. The summed E-state index contributed by atoms with van der Waals surface area (Å²) in [6.07, 6.45) is 15.8. The molecule has 5 heteroatoms. The van der Waals surface area contributed by atoms with Crippen molar-refractivity contribution in [1.29, 1.82) is 0 Å². The summed E-state index contributed by atoms with van der Waals surface area (Å²) >= 11 is 12.8. The summed E-state index contributed by atoms with van der Waals surface area (Å²) in [4.78, 5) is 4.89. The standard InChI is InChI=1S/C45H50Cl2N3/c1-8-39-37(29-30-46)44(4,5)41(48(39)9-2)27-23-32-21-22-33(43(32)50(35-17-13-11-14-18-35)36-19-15-12-16-20-36)24-28-42-45(6,7)38-31-34(47)25-26-40(38)49(42)10-3/h8,11-20,23-29,31H,9-10,21-22,30H2,1-7H3/q+1/b37-29+,39-8+. The molecule has 1 saturated heterocycles. The molecule has 6 rings (SSSR count). The Bertz CT molecular complexity index is 1930. The molecule has 3 aromatic rings. The number of benzene rings is 3. The topological polar surface area (TPSA) is 9.49 Å². The number of likely N-dealkylation sites (N-methyl/N-ethyl adjacent to an activating group) is 1. The van der Waals surface area contributed by atoms with Crippen LogP contribution in [-0.2, 0) is 5.41 Å². The van der Waals surface area contributed by atoms with Crippen molar-refractivity contribution in [2.45, 2.75) is 66.7 Å². The summed E-state index contributed by atoms with van der Waals surface area (Å²) in [5, 5.41) is 0.781. The van der Waals surface area contributed by atoms with Gasteiger partial charge < -0.3 is 9.80 Å². The number of hydrogen-bond acceptors (Lipinski definition) is 2. The molecule has 0 atom stereocenters. The van der Waals surface area contributed by atoms with Gasteiger partial charge >= 0.3 is 0 Å². The van der Waals surface area contributed by atoms with Crippen molar-refractivity contribution in [2.75, 3.05) is 23.9 Å². The summed E-state index contributed by atoms with van der Waals surface area (Å²) in [5.74, 6) is 0.497. The monoisotopic (exact) mass is 702 g/mol. The van der Waals surface area contributed by atoms with E-state index in [0.717, 1.165) is 42.3 Å². The van der Waals surface area contributed by atoms with Gasteiger partial charge in [-0.25, -0.2) is 0 Å². The Hall–Kier alpha value is -4.05. The fourth-order valence-corrected chi connectivity index (χ4v) is 8.52. The second kappa shape index (κ2) is 14.7. The van der Waals surface area contributed by atoms with Crippen LogP contribution in [0.5, 0.6) is 0 Å². The van der Waals surface area contributed by atoms with Gasteiger partial charge in [0.15, 0.2) is 5.71 Å². The number of halogens is 2. The van der Waals surface area contributed by atoms with Gasteiger partial charge in [0.25, 0.3) is 0 Å². The Kier molecular flexibility index (Phi) is 10.5. The summed E-state index contributed by atoms with van der Waals surface area (Å²) in [5.41, 5.74) is 13.5. The van der Waals surface area contributed by atoms with Gasteiger partial charge in [-0.3, -0.25) is 0 Å². The molecular weight excluding hydrogens is 653 g/mol. The van der Waals surface area contributed by atoms with E-state index in [9.17, 15) is 0 Å². The molecule has 2 heterocycles. The normalized spacial score (nSPS) is 21.6. The molecule has 3 aromatic carbocycles. The second-order valence-corrected chi connectivity index (χ2v) is 14.9. The first kappa shape index (κ1) is 35.8. The molecule has 0 saturated carbocycles. The number of alkyl halides is 1. The molecule has 3 aliphatic rings. The molecule has 0 amide bonds. The average Bonchev–Trinajstić information content (AvgIpc) is 3.68. The number of hydrogen-bond donors (Lipinski definition) is 0. The van der Waals surface area contributed by atoms with E-state index in [1.165, 1.54) is 50.8 Å². The maximum Gasteiger partial charge on any atom is 0.209 e. The van der Waals surface area contributed by atoms with Crippen LogP contribution in [0.3, 0.4) is 0 Å². The number of fused-ring (bicyclic) bond motifs is 1. The maximum atomic E-state index is 6.52. The Balaban J connectivity index is 1.54. The van der Waals surface area contributed by atoms with E-state index < -0.39 is 0 Å². The minimum Gasteiger partial charge on any atom is -0.345 e. The van der Waals surface area contributed by atoms with E-state index in [1.54, 1.807) is 0 Å². The minimum absolute atomic E-state index is 0.167. The number of likely N-dealkylation sites (tertiary alicyclic amines) is 1. The van der Waals surface area contributed by atoms with Gasteiger partial charge in [-0.15, -0.1) is 11.6 Å². The molecule has 0 bridgehead atoms. The van der Waals surface area contributed by atoms with Crippen LogP contribution in [0, 0.1) is 5.41 Å².